The highest BCUT2D eigenvalue weighted by molar-refractivity contribution is 9.10. The van der Waals surface area contributed by atoms with Gasteiger partial charge in [0.15, 0.2) is 0 Å². The van der Waals surface area contributed by atoms with Crippen LogP contribution in [-0.4, -0.2) is 23.5 Å². The molecular formula is C10H14BrN3O. The van der Waals surface area contributed by atoms with Crippen molar-refractivity contribution in [3.05, 3.63) is 22.8 Å². The minimum absolute atomic E-state index is 0.121. The van der Waals surface area contributed by atoms with Gasteiger partial charge in [-0.05, 0) is 49.0 Å². The lowest BCUT2D eigenvalue weighted by Gasteiger charge is -2.22. The van der Waals surface area contributed by atoms with E-state index in [9.17, 15) is 4.79 Å². The monoisotopic (exact) mass is 271 g/mol. The van der Waals surface area contributed by atoms with Gasteiger partial charge < -0.3 is 10.6 Å². The molecule has 1 amide bonds. The summed E-state index contributed by atoms with van der Waals surface area (Å²) in [5.74, 6) is 0.412. The number of amides is 1. The van der Waals surface area contributed by atoms with E-state index in [1.807, 2.05) is 6.07 Å². The number of nitrogens with one attached hydrogen (secondary N) is 2. The van der Waals surface area contributed by atoms with Gasteiger partial charge in [-0.25, -0.2) is 4.98 Å². The van der Waals surface area contributed by atoms with Crippen LogP contribution in [0.4, 0.5) is 5.82 Å². The fourth-order valence-electron chi connectivity index (χ4n) is 0.855. The largest absolute Gasteiger partial charge is 0.308 e. The van der Waals surface area contributed by atoms with Crippen LogP contribution < -0.4 is 10.6 Å². The summed E-state index contributed by atoms with van der Waals surface area (Å²) in [7, 11) is 1.74. The molecule has 1 rings (SSSR count). The maximum absolute atomic E-state index is 11.8. The lowest BCUT2D eigenvalue weighted by Crippen LogP contribution is -2.48. The molecule has 0 fully saturated rings. The fourth-order valence-corrected chi connectivity index (χ4v) is 1.21. The van der Waals surface area contributed by atoms with Crippen molar-refractivity contribution in [2.75, 3.05) is 12.4 Å². The molecule has 0 aliphatic rings. The van der Waals surface area contributed by atoms with Crippen molar-refractivity contribution in [3.8, 4) is 0 Å². The van der Waals surface area contributed by atoms with Gasteiger partial charge in [-0.15, -0.1) is 0 Å². The number of anilines is 1. The third-order valence-electron chi connectivity index (χ3n) is 2.18. The predicted octanol–water partition coefficient (Wildman–Crippen LogP) is 1.78. The fraction of sp³-hybridized carbons (Fsp3) is 0.400. The molecule has 0 radical (unpaired) electrons. The van der Waals surface area contributed by atoms with Gasteiger partial charge in [0.2, 0.25) is 5.91 Å². The van der Waals surface area contributed by atoms with E-state index < -0.39 is 5.54 Å². The first-order valence-corrected chi connectivity index (χ1v) is 5.37. The van der Waals surface area contributed by atoms with Gasteiger partial charge in [0.05, 0.1) is 10.0 Å². The van der Waals surface area contributed by atoms with Crippen molar-refractivity contribution in [3.63, 3.8) is 0 Å². The van der Waals surface area contributed by atoms with E-state index in [0.717, 1.165) is 4.47 Å². The topological polar surface area (TPSA) is 54.0 Å². The van der Waals surface area contributed by atoms with Gasteiger partial charge in [0.1, 0.15) is 5.82 Å². The Morgan fingerprint density at radius 2 is 2.20 bits per heavy atom. The number of hydrogen-bond donors (Lipinski definition) is 2. The molecule has 0 unspecified atom stereocenters. The second-order valence-corrected chi connectivity index (χ2v) is 4.52. The van der Waals surface area contributed by atoms with E-state index in [1.165, 1.54) is 0 Å². The average Bonchev–Trinajstić information content (AvgIpc) is 2.21. The lowest BCUT2D eigenvalue weighted by atomic mass is 10.1. The summed E-state index contributed by atoms with van der Waals surface area (Å²) in [6, 6.07) is 3.62. The highest BCUT2D eigenvalue weighted by Gasteiger charge is 2.25. The Morgan fingerprint density at radius 1 is 1.53 bits per heavy atom. The Morgan fingerprint density at radius 3 is 2.73 bits per heavy atom. The third-order valence-corrected chi connectivity index (χ3v) is 2.82. The number of carbonyl (C=O) groups excluding carboxylic acids is 1. The molecule has 0 aliphatic heterocycles. The van der Waals surface area contributed by atoms with Crippen molar-refractivity contribution in [2.45, 2.75) is 19.4 Å². The lowest BCUT2D eigenvalue weighted by molar-refractivity contribution is -0.121. The number of halogens is 1. The van der Waals surface area contributed by atoms with Crippen LogP contribution in [0, 0.1) is 0 Å². The van der Waals surface area contributed by atoms with Gasteiger partial charge in [-0.2, -0.15) is 0 Å². The average molecular weight is 272 g/mol. The van der Waals surface area contributed by atoms with Crippen molar-refractivity contribution < 1.29 is 4.79 Å². The second kappa shape index (κ2) is 4.72. The number of carbonyl (C=O) groups is 1. The molecule has 0 saturated heterocycles. The Bertz CT molecular complexity index is 365. The third kappa shape index (κ3) is 3.00. The van der Waals surface area contributed by atoms with E-state index in [2.05, 4.69) is 31.5 Å². The first-order chi connectivity index (χ1) is 6.97. The minimum atomic E-state index is -0.614. The number of pyridine rings is 1. The van der Waals surface area contributed by atoms with Crippen LogP contribution in [0.2, 0.25) is 0 Å². The number of aromatic nitrogens is 1. The smallest absolute Gasteiger partial charge is 0.245 e. The molecule has 0 aromatic carbocycles. The molecule has 2 N–H and O–H groups in total. The Balaban J connectivity index is 2.80. The number of nitrogens with zero attached hydrogens (tertiary/aromatic N) is 1. The summed E-state index contributed by atoms with van der Waals surface area (Å²) >= 11 is 3.32. The molecule has 0 aliphatic carbocycles. The Labute approximate surface area is 97.6 Å². The first kappa shape index (κ1) is 12.1. The van der Waals surface area contributed by atoms with E-state index in [1.54, 1.807) is 33.2 Å². The van der Waals surface area contributed by atoms with Crippen molar-refractivity contribution >= 4 is 27.7 Å². The van der Waals surface area contributed by atoms with Crippen molar-refractivity contribution in [2.24, 2.45) is 0 Å². The number of hydrogen-bond acceptors (Lipinski definition) is 3. The quantitative estimate of drug-likeness (QED) is 0.881. The zero-order chi connectivity index (χ0) is 11.5. The SMILES string of the molecule is CNC(C)(C)C(=O)Nc1ncccc1Br. The highest BCUT2D eigenvalue weighted by atomic mass is 79.9. The normalized spacial score (nSPS) is 11.2. The summed E-state index contributed by atoms with van der Waals surface area (Å²) < 4.78 is 0.769. The molecule has 0 atom stereocenters. The van der Waals surface area contributed by atoms with E-state index >= 15 is 0 Å². The van der Waals surface area contributed by atoms with Gasteiger partial charge in [0.25, 0.3) is 0 Å². The molecule has 1 aromatic heterocycles. The molecular weight excluding hydrogens is 258 g/mol. The standard InChI is InChI=1S/C10H14BrN3O/c1-10(2,12-3)9(15)14-8-7(11)5-4-6-13-8/h4-6,12H,1-3H3,(H,13,14,15). The molecule has 5 heteroatoms. The van der Waals surface area contributed by atoms with Crippen LogP contribution in [0.5, 0.6) is 0 Å². The second-order valence-electron chi connectivity index (χ2n) is 3.66. The van der Waals surface area contributed by atoms with Crippen LogP contribution in [0.3, 0.4) is 0 Å². The van der Waals surface area contributed by atoms with Crippen LogP contribution in [0.1, 0.15) is 13.8 Å². The van der Waals surface area contributed by atoms with E-state index in [0.29, 0.717) is 5.82 Å². The van der Waals surface area contributed by atoms with Crippen LogP contribution in [0.25, 0.3) is 0 Å². The van der Waals surface area contributed by atoms with Gasteiger partial charge in [-0.1, -0.05) is 0 Å². The molecule has 15 heavy (non-hydrogen) atoms. The maximum Gasteiger partial charge on any atom is 0.245 e. The molecule has 0 bridgehead atoms. The van der Waals surface area contributed by atoms with Gasteiger partial charge in [-0.3, -0.25) is 4.79 Å². The summed E-state index contributed by atoms with van der Waals surface area (Å²) in [4.78, 5) is 15.8. The molecule has 0 saturated carbocycles. The highest BCUT2D eigenvalue weighted by Crippen LogP contribution is 2.19. The summed E-state index contributed by atoms with van der Waals surface area (Å²) in [6.45, 7) is 3.61. The molecule has 1 aromatic rings. The van der Waals surface area contributed by atoms with E-state index in [4.69, 9.17) is 0 Å². The summed E-state index contributed by atoms with van der Waals surface area (Å²) in [5.41, 5.74) is -0.614. The number of likely N-dealkylation sites (N-methyl/N-ethyl adjacent to an activating group) is 1. The molecule has 0 spiro atoms. The maximum atomic E-state index is 11.8. The molecule has 82 valence electrons. The van der Waals surface area contributed by atoms with Crippen molar-refractivity contribution in [1.29, 1.82) is 0 Å². The van der Waals surface area contributed by atoms with Crippen molar-refractivity contribution in [1.82, 2.24) is 10.3 Å². The Hall–Kier alpha value is -0.940. The molecule has 4 nitrogen and oxygen atoms in total. The van der Waals surface area contributed by atoms with E-state index in [-0.39, 0.29) is 5.91 Å². The van der Waals surface area contributed by atoms with Gasteiger partial charge >= 0.3 is 0 Å². The van der Waals surface area contributed by atoms with Crippen LogP contribution in [0.15, 0.2) is 22.8 Å². The minimum Gasteiger partial charge on any atom is -0.308 e. The zero-order valence-corrected chi connectivity index (χ0v) is 10.6. The zero-order valence-electron chi connectivity index (χ0n) is 8.97. The Kier molecular flexibility index (Phi) is 3.82. The van der Waals surface area contributed by atoms with Crippen LogP contribution in [-0.2, 0) is 4.79 Å². The predicted molar refractivity (Wildman–Crippen MR) is 63.7 cm³/mol. The summed E-state index contributed by atoms with van der Waals surface area (Å²) in [6.07, 6.45) is 1.63. The van der Waals surface area contributed by atoms with Gasteiger partial charge in [0, 0.05) is 6.20 Å². The van der Waals surface area contributed by atoms with Crippen LogP contribution >= 0.6 is 15.9 Å². The first-order valence-electron chi connectivity index (χ1n) is 4.58. The molecule has 1 heterocycles. The number of rotatable bonds is 3. The summed E-state index contributed by atoms with van der Waals surface area (Å²) in [5, 5.41) is 5.67.